The van der Waals surface area contributed by atoms with Crippen molar-refractivity contribution in [2.45, 2.75) is 370 Å². The van der Waals surface area contributed by atoms with Crippen LogP contribution in [-0.4, -0.2) is 140 Å². The molecule has 2 fully saturated rings. The first kappa shape index (κ1) is 85.0. The topological polar surface area (TPSA) is 228 Å². The van der Waals surface area contributed by atoms with Crippen LogP contribution in [0.1, 0.15) is 296 Å². The van der Waals surface area contributed by atoms with E-state index in [1.165, 1.54) is 180 Å². The Labute approximate surface area is 560 Å². The fourth-order valence-electron chi connectivity index (χ4n) is 11.8. The Hall–Kier alpha value is -3.09. The van der Waals surface area contributed by atoms with E-state index >= 15 is 0 Å². The first-order chi connectivity index (χ1) is 45.1. The van der Waals surface area contributed by atoms with E-state index in [4.69, 9.17) is 18.9 Å². The summed E-state index contributed by atoms with van der Waals surface area (Å²) in [4.78, 5) is 13.3. The molecule has 2 rings (SSSR count). The summed E-state index contributed by atoms with van der Waals surface area (Å²) < 4.78 is 22.8. The zero-order valence-electron chi connectivity index (χ0n) is 58.0. The number of nitrogens with one attached hydrogen (secondary N) is 1. The molecule has 2 aliphatic heterocycles. The van der Waals surface area contributed by atoms with E-state index < -0.39 is 86.8 Å². The second-order valence-corrected chi connectivity index (χ2v) is 26.0. The molecule has 14 nitrogen and oxygen atoms in total. The molecular formula is C78H137NO13. The summed E-state index contributed by atoms with van der Waals surface area (Å²) in [6, 6.07) is -0.950. The SMILES string of the molecule is CC/C=C\C/C=C\C/C=C\C/C=C\C/C=C\CCCCCCCCCCCC(=O)NC(COC1OC(CO)C(OC2OC(CO)C(O)C(O)C2O)C(O)C1O)C(O)/C=C/CC/C=C/CC/C=C/CCCCCCCCCCCCCCCCCCCCCCCCC. The van der Waals surface area contributed by atoms with E-state index in [1.807, 2.05) is 6.08 Å². The summed E-state index contributed by atoms with van der Waals surface area (Å²) in [5.74, 6) is -0.261. The van der Waals surface area contributed by atoms with Gasteiger partial charge in [0.05, 0.1) is 32.0 Å². The Morgan fingerprint density at radius 1 is 0.402 bits per heavy atom. The number of hydrogen-bond donors (Lipinski definition) is 9. The average molecular weight is 1300 g/mol. The van der Waals surface area contributed by atoms with E-state index in [1.54, 1.807) is 6.08 Å². The van der Waals surface area contributed by atoms with Crippen molar-refractivity contribution >= 4 is 5.91 Å². The van der Waals surface area contributed by atoms with Gasteiger partial charge < -0.3 is 65.1 Å². The Morgan fingerprint density at radius 3 is 1.20 bits per heavy atom. The highest BCUT2D eigenvalue weighted by Crippen LogP contribution is 2.30. The summed E-state index contributed by atoms with van der Waals surface area (Å²) in [5.41, 5.74) is 0. The van der Waals surface area contributed by atoms with Gasteiger partial charge in [0.2, 0.25) is 5.91 Å². The van der Waals surface area contributed by atoms with E-state index in [2.05, 4.69) is 104 Å². The minimum Gasteiger partial charge on any atom is -0.394 e. The second kappa shape index (κ2) is 61.5. The van der Waals surface area contributed by atoms with Gasteiger partial charge in [0.25, 0.3) is 0 Å². The van der Waals surface area contributed by atoms with Gasteiger partial charge in [0, 0.05) is 6.42 Å². The molecule has 14 heteroatoms. The predicted octanol–water partition coefficient (Wildman–Crippen LogP) is 16.1. The third-order valence-corrected chi connectivity index (χ3v) is 17.7. The van der Waals surface area contributed by atoms with E-state index in [9.17, 15) is 45.6 Å². The maximum Gasteiger partial charge on any atom is 0.220 e. The Balaban J connectivity index is 1.68. The molecule has 2 aliphatic rings. The molecule has 1 amide bonds. The van der Waals surface area contributed by atoms with Gasteiger partial charge in [-0.15, -0.1) is 0 Å². The number of allylic oxidation sites excluding steroid dienone is 15. The summed E-state index contributed by atoms with van der Waals surface area (Å²) in [6.07, 6.45) is 70.5. The highest BCUT2D eigenvalue weighted by Gasteiger charge is 2.51. The fourth-order valence-corrected chi connectivity index (χ4v) is 11.8. The molecule has 0 spiro atoms. The highest BCUT2D eigenvalue weighted by molar-refractivity contribution is 5.76. The summed E-state index contributed by atoms with van der Waals surface area (Å²) >= 11 is 0. The Morgan fingerprint density at radius 2 is 0.761 bits per heavy atom. The molecule has 12 unspecified atom stereocenters. The van der Waals surface area contributed by atoms with Gasteiger partial charge >= 0.3 is 0 Å². The number of rotatable bonds is 61. The smallest absolute Gasteiger partial charge is 0.220 e. The third kappa shape index (κ3) is 44.6. The van der Waals surface area contributed by atoms with Gasteiger partial charge in [0.1, 0.15) is 48.8 Å². The predicted molar refractivity (Wildman–Crippen MR) is 378 cm³/mol. The van der Waals surface area contributed by atoms with Gasteiger partial charge in [-0.2, -0.15) is 0 Å². The molecule has 2 saturated heterocycles. The maximum atomic E-state index is 13.3. The minimum atomic E-state index is -1.80. The lowest BCUT2D eigenvalue weighted by molar-refractivity contribution is -0.359. The van der Waals surface area contributed by atoms with Crippen molar-refractivity contribution in [2.75, 3.05) is 19.8 Å². The van der Waals surface area contributed by atoms with Crippen molar-refractivity contribution in [3.63, 3.8) is 0 Å². The standard InChI is InChI=1S/C78H137NO13/c1-3-5-7-9-11-13-15-17-19-21-23-25-27-29-30-31-32-33-34-35-36-38-39-41-43-45-47-49-51-53-55-57-59-61-67(82)66(65-89-77-75(88)73(86)76(69(64-81)91-77)92-78-74(87)72(85)71(84)68(63-80)90-78)79-70(83)62-60-58-56-54-52-50-48-46-44-42-40-37-28-26-24-22-20-18-16-14-12-10-8-6-4-2/h6,8,12,14,18,20,24,26,37,40,43,45,51,53,59,61,66-69,71-78,80-82,84-88H,3-5,7,9-11,13,15-17,19,21-23,25,27-36,38-39,41-42,44,46-50,52,54-58,60,62-65H2,1-2H3,(H,79,83)/b8-6-,14-12-,20-18-,26-24-,40-37-,45-43+,53-51+,61-59+. The molecule has 92 heavy (non-hydrogen) atoms. The molecule has 0 bridgehead atoms. The number of unbranched alkanes of at least 4 members (excludes halogenated alkanes) is 34. The molecule has 0 saturated carbocycles. The monoisotopic (exact) mass is 1300 g/mol. The summed E-state index contributed by atoms with van der Waals surface area (Å²) in [7, 11) is 0. The van der Waals surface area contributed by atoms with Crippen LogP contribution in [-0.2, 0) is 23.7 Å². The van der Waals surface area contributed by atoms with Gasteiger partial charge in [0.15, 0.2) is 12.6 Å². The molecule has 9 N–H and O–H groups in total. The number of ether oxygens (including phenoxy) is 4. The molecular weight excluding hydrogens is 1160 g/mol. The number of aliphatic hydroxyl groups is 8. The normalized spacial score (nSPS) is 23.2. The van der Waals surface area contributed by atoms with Crippen LogP contribution in [0.3, 0.4) is 0 Å². The van der Waals surface area contributed by atoms with Crippen molar-refractivity contribution in [2.24, 2.45) is 0 Å². The minimum absolute atomic E-state index is 0.257. The average Bonchev–Trinajstić information content (AvgIpc) is 0.865. The first-order valence-electron chi connectivity index (χ1n) is 37.5. The molecule has 0 aliphatic carbocycles. The van der Waals surface area contributed by atoms with E-state index in [-0.39, 0.29) is 18.9 Å². The number of carbonyl (C=O) groups excluding carboxylic acids is 1. The maximum absolute atomic E-state index is 13.3. The first-order valence-corrected chi connectivity index (χ1v) is 37.5. The van der Waals surface area contributed by atoms with Crippen molar-refractivity contribution in [3.8, 4) is 0 Å². The van der Waals surface area contributed by atoms with E-state index in [0.717, 1.165) is 83.5 Å². The van der Waals surface area contributed by atoms with Crippen LogP contribution in [0.5, 0.6) is 0 Å². The largest absolute Gasteiger partial charge is 0.394 e. The zero-order valence-corrected chi connectivity index (χ0v) is 58.0. The van der Waals surface area contributed by atoms with Crippen molar-refractivity contribution in [3.05, 3.63) is 97.2 Å². The van der Waals surface area contributed by atoms with Crippen LogP contribution >= 0.6 is 0 Å². The molecule has 0 aromatic rings. The molecule has 12 atom stereocenters. The molecule has 532 valence electrons. The third-order valence-electron chi connectivity index (χ3n) is 17.7. The number of hydrogen-bond acceptors (Lipinski definition) is 13. The van der Waals surface area contributed by atoms with Gasteiger partial charge in [-0.1, -0.05) is 297 Å². The number of aliphatic hydroxyl groups excluding tert-OH is 8. The summed E-state index contributed by atoms with van der Waals surface area (Å²) in [6.45, 7) is 2.68. The molecule has 2 heterocycles. The van der Waals surface area contributed by atoms with Crippen molar-refractivity contribution in [1.82, 2.24) is 5.32 Å². The Kier molecular flexibility index (Phi) is 56.8. The highest BCUT2D eigenvalue weighted by atomic mass is 16.7. The van der Waals surface area contributed by atoms with Gasteiger partial charge in [-0.25, -0.2) is 0 Å². The fraction of sp³-hybridized carbons (Fsp3) is 0.782. The zero-order chi connectivity index (χ0) is 66.6. The summed E-state index contributed by atoms with van der Waals surface area (Å²) in [5, 5.41) is 87.5. The van der Waals surface area contributed by atoms with Crippen LogP contribution < -0.4 is 5.32 Å². The van der Waals surface area contributed by atoms with Crippen LogP contribution in [0.4, 0.5) is 0 Å². The molecule has 0 radical (unpaired) electrons. The molecule has 0 aromatic carbocycles. The van der Waals surface area contributed by atoms with Gasteiger partial charge in [-0.05, 0) is 89.9 Å². The second-order valence-electron chi connectivity index (χ2n) is 26.0. The molecule has 0 aromatic heterocycles. The number of amides is 1. The lowest BCUT2D eigenvalue weighted by Crippen LogP contribution is -2.65. The van der Waals surface area contributed by atoms with Crippen molar-refractivity contribution in [1.29, 1.82) is 0 Å². The van der Waals surface area contributed by atoms with E-state index in [0.29, 0.717) is 12.8 Å². The lowest BCUT2D eigenvalue weighted by Gasteiger charge is -2.46. The van der Waals surface area contributed by atoms with Crippen LogP contribution in [0.25, 0.3) is 0 Å². The lowest BCUT2D eigenvalue weighted by atomic mass is 9.97. The van der Waals surface area contributed by atoms with Crippen LogP contribution in [0.2, 0.25) is 0 Å². The van der Waals surface area contributed by atoms with Crippen LogP contribution in [0, 0.1) is 0 Å². The Bertz CT molecular complexity index is 1920. The van der Waals surface area contributed by atoms with Crippen LogP contribution in [0.15, 0.2) is 97.2 Å². The van der Waals surface area contributed by atoms with Crippen molar-refractivity contribution < 1.29 is 64.6 Å². The van der Waals surface area contributed by atoms with Gasteiger partial charge in [-0.3, -0.25) is 4.79 Å². The quantitative estimate of drug-likeness (QED) is 0.0204. The number of carbonyl (C=O) groups is 1.